The monoisotopic (exact) mass is 280 g/mol. The summed E-state index contributed by atoms with van der Waals surface area (Å²) in [6, 6.07) is 4.46. The van der Waals surface area contributed by atoms with E-state index < -0.39 is 5.82 Å². The zero-order chi connectivity index (χ0) is 14.7. The molecule has 0 aliphatic carbocycles. The number of piperidine rings is 1. The van der Waals surface area contributed by atoms with Gasteiger partial charge >= 0.3 is 0 Å². The van der Waals surface area contributed by atoms with E-state index in [1.807, 2.05) is 0 Å². The van der Waals surface area contributed by atoms with Gasteiger partial charge in [-0.2, -0.15) is 0 Å². The summed E-state index contributed by atoms with van der Waals surface area (Å²) in [5.41, 5.74) is 6.39. The van der Waals surface area contributed by atoms with Gasteiger partial charge in [-0.1, -0.05) is 13.3 Å². The number of likely N-dealkylation sites (tertiary alicyclic amines) is 1. The number of benzene rings is 1. The third kappa shape index (κ3) is 2.93. The number of halogens is 1. The maximum atomic E-state index is 13.7. The molecule has 0 saturated carbocycles. The second-order valence-corrected chi connectivity index (χ2v) is 5.22. The molecule has 4 nitrogen and oxygen atoms in total. The van der Waals surface area contributed by atoms with Crippen LogP contribution >= 0.6 is 0 Å². The molecule has 5 heteroatoms. The molecule has 2 atom stereocenters. The van der Waals surface area contributed by atoms with E-state index in [4.69, 9.17) is 10.5 Å². The van der Waals surface area contributed by atoms with Crippen molar-refractivity contribution >= 4 is 5.91 Å². The second kappa shape index (κ2) is 6.22. The van der Waals surface area contributed by atoms with Crippen molar-refractivity contribution in [2.45, 2.75) is 25.8 Å². The molecule has 0 bridgehead atoms. The summed E-state index contributed by atoms with van der Waals surface area (Å²) in [5.74, 6) is -0.194. The Kier molecular flexibility index (Phi) is 4.60. The number of carbonyl (C=O) groups is 1. The number of nitrogens with zero attached hydrogens (tertiary/aromatic N) is 1. The van der Waals surface area contributed by atoms with E-state index in [2.05, 4.69) is 6.92 Å². The van der Waals surface area contributed by atoms with Gasteiger partial charge in [0.05, 0.1) is 7.11 Å². The normalized spacial score (nSPS) is 22.7. The average molecular weight is 280 g/mol. The quantitative estimate of drug-likeness (QED) is 0.921. The van der Waals surface area contributed by atoms with Gasteiger partial charge in [0.2, 0.25) is 0 Å². The minimum absolute atomic E-state index is 0.142. The first-order valence-corrected chi connectivity index (χ1v) is 6.95. The number of rotatable bonds is 3. The van der Waals surface area contributed by atoms with Crippen LogP contribution in [0.4, 0.5) is 4.39 Å². The molecule has 2 unspecified atom stereocenters. The van der Waals surface area contributed by atoms with E-state index in [0.717, 1.165) is 12.8 Å². The number of nitrogens with two attached hydrogens (primary N) is 1. The Morgan fingerprint density at radius 1 is 1.55 bits per heavy atom. The smallest absolute Gasteiger partial charge is 0.253 e. The zero-order valence-corrected chi connectivity index (χ0v) is 11.9. The third-order valence-electron chi connectivity index (χ3n) is 4.00. The van der Waals surface area contributed by atoms with E-state index in [1.165, 1.54) is 19.2 Å². The fourth-order valence-electron chi connectivity index (χ4n) is 2.65. The van der Waals surface area contributed by atoms with Crippen molar-refractivity contribution in [2.75, 3.05) is 20.2 Å². The van der Waals surface area contributed by atoms with Crippen LogP contribution in [-0.4, -0.2) is 37.0 Å². The van der Waals surface area contributed by atoms with Gasteiger partial charge in [-0.3, -0.25) is 4.79 Å². The number of hydrogen-bond donors (Lipinski definition) is 1. The molecule has 1 saturated heterocycles. The minimum Gasteiger partial charge on any atom is -0.494 e. The highest BCUT2D eigenvalue weighted by molar-refractivity contribution is 5.94. The van der Waals surface area contributed by atoms with Crippen LogP contribution in [0.5, 0.6) is 5.75 Å². The number of ether oxygens (including phenoxy) is 1. The van der Waals surface area contributed by atoms with E-state index in [0.29, 0.717) is 24.6 Å². The molecule has 1 aromatic carbocycles. The minimum atomic E-state index is -0.515. The highest BCUT2D eigenvalue weighted by Crippen LogP contribution is 2.22. The standard InChI is InChI=1S/C15H21FN2O2/c1-3-10-9-18(7-6-13(10)17)15(19)11-4-5-14(20-2)12(16)8-11/h4-5,8,10,13H,3,6-7,9,17H2,1-2H3. The summed E-state index contributed by atoms with van der Waals surface area (Å²) in [7, 11) is 1.40. The maximum absolute atomic E-state index is 13.7. The Morgan fingerprint density at radius 2 is 2.30 bits per heavy atom. The van der Waals surface area contributed by atoms with Crippen LogP contribution in [0.3, 0.4) is 0 Å². The van der Waals surface area contributed by atoms with Gasteiger partial charge in [0, 0.05) is 24.7 Å². The zero-order valence-electron chi connectivity index (χ0n) is 11.9. The Hall–Kier alpha value is -1.62. The topological polar surface area (TPSA) is 55.6 Å². The van der Waals surface area contributed by atoms with Crippen molar-refractivity contribution in [1.29, 1.82) is 0 Å². The summed E-state index contributed by atoms with van der Waals surface area (Å²) in [4.78, 5) is 14.2. The van der Waals surface area contributed by atoms with Crippen LogP contribution in [0.25, 0.3) is 0 Å². The fourth-order valence-corrected chi connectivity index (χ4v) is 2.65. The van der Waals surface area contributed by atoms with Gasteiger partial charge in [-0.25, -0.2) is 4.39 Å². The van der Waals surface area contributed by atoms with Gasteiger partial charge in [0.1, 0.15) is 0 Å². The van der Waals surface area contributed by atoms with Crippen molar-refractivity contribution in [1.82, 2.24) is 4.90 Å². The molecule has 0 aromatic heterocycles. The molecule has 1 amide bonds. The van der Waals surface area contributed by atoms with Crippen LogP contribution in [-0.2, 0) is 0 Å². The van der Waals surface area contributed by atoms with Crippen LogP contribution in [0.15, 0.2) is 18.2 Å². The highest BCUT2D eigenvalue weighted by atomic mass is 19.1. The lowest BCUT2D eigenvalue weighted by atomic mass is 9.90. The van der Waals surface area contributed by atoms with E-state index >= 15 is 0 Å². The van der Waals surface area contributed by atoms with E-state index in [9.17, 15) is 9.18 Å². The van der Waals surface area contributed by atoms with Crippen LogP contribution in [0, 0.1) is 11.7 Å². The Morgan fingerprint density at radius 3 is 2.90 bits per heavy atom. The van der Waals surface area contributed by atoms with Crippen molar-refractivity contribution in [2.24, 2.45) is 11.7 Å². The molecular weight excluding hydrogens is 259 g/mol. The average Bonchev–Trinajstić information content (AvgIpc) is 2.47. The molecule has 1 aliphatic heterocycles. The lowest BCUT2D eigenvalue weighted by Crippen LogP contribution is -2.49. The summed E-state index contributed by atoms with van der Waals surface area (Å²) in [5, 5.41) is 0. The number of methoxy groups -OCH3 is 1. The molecule has 1 heterocycles. The predicted octanol–water partition coefficient (Wildman–Crippen LogP) is 2.03. The molecule has 20 heavy (non-hydrogen) atoms. The first-order valence-electron chi connectivity index (χ1n) is 6.95. The summed E-state index contributed by atoms with van der Waals surface area (Å²) >= 11 is 0. The van der Waals surface area contributed by atoms with Crippen molar-refractivity contribution in [3.63, 3.8) is 0 Å². The SMILES string of the molecule is CCC1CN(C(=O)c2ccc(OC)c(F)c2)CCC1N. The third-order valence-corrected chi connectivity index (χ3v) is 4.00. The first-order chi connectivity index (χ1) is 9.56. The van der Waals surface area contributed by atoms with Crippen molar-refractivity contribution in [3.05, 3.63) is 29.6 Å². The molecule has 2 N–H and O–H groups in total. The molecule has 1 fully saturated rings. The number of hydrogen-bond acceptors (Lipinski definition) is 3. The van der Waals surface area contributed by atoms with Gasteiger partial charge in [0.15, 0.2) is 11.6 Å². The van der Waals surface area contributed by atoms with E-state index in [-0.39, 0.29) is 17.7 Å². The number of carbonyl (C=O) groups excluding carboxylic acids is 1. The lowest BCUT2D eigenvalue weighted by Gasteiger charge is -2.36. The van der Waals surface area contributed by atoms with Crippen LogP contribution in [0.2, 0.25) is 0 Å². The molecular formula is C15H21FN2O2. The Labute approximate surface area is 118 Å². The molecule has 1 aliphatic rings. The largest absolute Gasteiger partial charge is 0.494 e. The van der Waals surface area contributed by atoms with Crippen molar-refractivity contribution < 1.29 is 13.9 Å². The molecule has 2 rings (SSSR count). The van der Waals surface area contributed by atoms with Crippen LogP contribution < -0.4 is 10.5 Å². The lowest BCUT2D eigenvalue weighted by molar-refractivity contribution is 0.0648. The van der Waals surface area contributed by atoms with Gasteiger partial charge < -0.3 is 15.4 Å². The Bertz CT molecular complexity index is 493. The van der Waals surface area contributed by atoms with Gasteiger partial charge in [-0.05, 0) is 30.5 Å². The van der Waals surface area contributed by atoms with Crippen molar-refractivity contribution in [3.8, 4) is 5.75 Å². The second-order valence-electron chi connectivity index (χ2n) is 5.22. The van der Waals surface area contributed by atoms with Gasteiger partial charge in [0.25, 0.3) is 5.91 Å². The van der Waals surface area contributed by atoms with E-state index in [1.54, 1.807) is 11.0 Å². The first kappa shape index (κ1) is 14.8. The molecule has 110 valence electrons. The molecule has 0 radical (unpaired) electrons. The summed E-state index contributed by atoms with van der Waals surface area (Å²) in [6.07, 6.45) is 1.74. The van der Waals surface area contributed by atoms with Crippen LogP contribution in [0.1, 0.15) is 30.1 Å². The molecule has 1 aromatic rings. The Balaban J connectivity index is 2.13. The highest BCUT2D eigenvalue weighted by Gasteiger charge is 2.28. The van der Waals surface area contributed by atoms with Gasteiger partial charge in [-0.15, -0.1) is 0 Å². The predicted molar refractivity (Wildman–Crippen MR) is 75.2 cm³/mol. The summed E-state index contributed by atoms with van der Waals surface area (Å²) in [6.45, 7) is 3.35. The summed E-state index contributed by atoms with van der Waals surface area (Å²) < 4.78 is 18.5. The maximum Gasteiger partial charge on any atom is 0.253 e. The molecule has 0 spiro atoms. The fraction of sp³-hybridized carbons (Fsp3) is 0.533. The number of amides is 1.